The summed E-state index contributed by atoms with van der Waals surface area (Å²) >= 11 is 0. The first-order chi connectivity index (χ1) is 8.24. The van der Waals surface area contributed by atoms with E-state index in [1.807, 2.05) is 25.1 Å². The van der Waals surface area contributed by atoms with E-state index in [1.54, 1.807) is 17.0 Å². The van der Waals surface area contributed by atoms with E-state index in [1.165, 1.54) is 6.33 Å². The molecule has 2 aromatic heterocycles. The maximum Gasteiger partial charge on any atom is 0.176 e. The predicted molar refractivity (Wildman–Crippen MR) is 59.7 cm³/mol. The second-order valence-electron chi connectivity index (χ2n) is 3.66. The number of aromatic nitrogens is 3. The molecule has 0 amide bonds. The van der Waals surface area contributed by atoms with Crippen LogP contribution in [0.25, 0.3) is 0 Å². The Bertz CT molecular complexity index is 627. The van der Waals surface area contributed by atoms with Crippen LogP contribution in [0.3, 0.4) is 0 Å². The molecule has 0 atom stereocenters. The Balaban J connectivity index is 2.35. The minimum Gasteiger partial charge on any atom is -0.317 e. The van der Waals surface area contributed by atoms with Gasteiger partial charge in [0.2, 0.25) is 0 Å². The molecule has 2 rings (SSSR count). The van der Waals surface area contributed by atoms with Gasteiger partial charge in [0.25, 0.3) is 0 Å². The lowest BCUT2D eigenvalue weighted by molar-refractivity contribution is 0.781. The molecular weight excluding hydrogens is 214 g/mol. The average Bonchev–Trinajstić information content (AvgIpc) is 2.71. The first-order valence-electron chi connectivity index (χ1n) is 5.00. The third-order valence-electron chi connectivity index (χ3n) is 2.33. The minimum absolute atomic E-state index is 0.160. The van der Waals surface area contributed by atoms with Crippen LogP contribution in [0.1, 0.15) is 22.5 Å². The van der Waals surface area contributed by atoms with E-state index >= 15 is 0 Å². The van der Waals surface area contributed by atoms with Crippen molar-refractivity contribution in [2.24, 2.45) is 0 Å². The van der Waals surface area contributed by atoms with Gasteiger partial charge in [0.15, 0.2) is 11.4 Å². The monoisotopic (exact) mass is 223 g/mol. The fourth-order valence-corrected chi connectivity index (χ4v) is 1.60. The predicted octanol–water partition coefficient (Wildman–Crippen LogP) is 1.38. The molecule has 2 heterocycles. The van der Waals surface area contributed by atoms with Gasteiger partial charge in [0.05, 0.1) is 12.9 Å². The molecule has 5 heteroatoms. The molecule has 5 nitrogen and oxygen atoms in total. The summed E-state index contributed by atoms with van der Waals surface area (Å²) in [5.74, 6) is 0. The number of hydrogen-bond donors (Lipinski definition) is 0. The Hall–Kier alpha value is -2.66. The molecule has 0 aromatic carbocycles. The van der Waals surface area contributed by atoms with Crippen molar-refractivity contribution in [1.29, 1.82) is 10.5 Å². The number of nitrogens with zero attached hydrogens (tertiary/aromatic N) is 5. The van der Waals surface area contributed by atoms with Crippen molar-refractivity contribution in [1.82, 2.24) is 14.5 Å². The van der Waals surface area contributed by atoms with Crippen LogP contribution in [-0.4, -0.2) is 14.5 Å². The molecule has 0 N–H and O–H groups in total. The molecule has 0 aliphatic heterocycles. The van der Waals surface area contributed by atoms with Crippen LogP contribution >= 0.6 is 0 Å². The normalized spacial score (nSPS) is 9.59. The standard InChI is InChI=1S/C12H9N5/c1-9-2-10(6-15-5-9)7-17-8-16-11(3-13)12(17)4-14/h2,5-6,8H,7H2,1H3. The maximum atomic E-state index is 8.97. The number of aryl methyl sites for hydroxylation is 1. The van der Waals surface area contributed by atoms with Gasteiger partial charge in [0.1, 0.15) is 12.1 Å². The lowest BCUT2D eigenvalue weighted by atomic mass is 10.2. The van der Waals surface area contributed by atoms with Gasteiger partial charge in [-0.2, -0.15) is 10.5 Å². The fraction of sp³-hybridized carbons (Fsp3) is 0.167. The van der Waals surface area contributed by atoms with E-state index in [9.17, 15) is 0 Å². The van der Waals surface area contributed by atoms with Gasteiger partial charge in [-0.3, -0.25) is 4.98 Å². The second kappa shape index (κ2) is 4.46. The highest BCUT2D eigenvalue weighted by atomic mass is 15.1. The number of rotatable bonds is 2. The highest BCUT2D eigenvalue weighted by molar-refractivity contribution is 5.36. The topological polar surface area (TPSA) is 78.3 Å². The molecule has 0 bridgehead atoms. The van der Waals surface area contributed by atoms with Gasteiger partial charge in [-0.1, -0.05) is 6.07 Å². The van der Waals surface area contributed by atoms with Gasteiger partial charge in [-0.05, 0) is 18.1 Å². The highest BCUT2D eigenvalue weighted by Crippen LogP contribution is 2.09. The van der Waals surface area contributed by atoms with Crippen LogP contribution in [0.15, 0.2) is 24.8 Å². The first-order valence-corrected chi connectivity index (χ1v) is 5.00. The second-order valence-corrected chi connectivity index (χ2v) is 3.66. The quantitative estimate of drug-likeness (QED) is 0.770. The van der Waals surface area contributed by atoms with Crippen LogP contribution in [0.4, 0.5) is 0 Å². The summed E-state index contributed by atoms with van der Waals surface area (Å²) in [6.07, 6.45) is 5.00. The zero-order valence-electron chi connectivity index (χ0n) is 9.25. The molecule has 0 aliphatic carbocycles. The molecular formula is C12H9N5. The first kappa shape index (κ1) is 10.8. The summed E-state index contributed by atoms with van der Waals surface area (Å²) in [5, 5.41) is 17.8. The van der Waals surface area contributed by atoms with Crippen molar-refractivity contribution in [3.63, 3.8) is 0 Å². The SMILES string of the molecule is Cc1cncc(Cn2cnc(C#N)c2C#N)c1. The molecule has 0 spiro atoms. The Labute approximate surface area is 98.6 Å². The summed E-state index contributed by atoms with van der Waals surface area (Å²) in [4.78, 5) is 7.96. The fourth-order valence-electron chi connectivity index (χ4n) is 1.60. The molecule has 17 heavy (non-hydrogen) atoms. The van der Waals surface area contributed by atoms with E-state index in [0.29, 0.717) is 6.54 Å². The molecule has 0 aliphatic rings. The maximum absolute atomic E-state index is 8.97. The largest absolute Gasteiger partial charge is 0.317 e. The molecule has 2 aromatic rings. The van der Waals surface area contributed by atoms with Gasteiger partial charge < -0.3 is 4.57 Å². The van der Waals surface area contributed by atoms with Gasteiger partial charge in [-0.25, -0.2) is 4.98 Å². The zero-order chi connectivity index (χ0) is 12.3. The van der Waals surface area contributed by atoms with E-state index in [0.717, 1.165) is 11.1 Å². The molecule has 82 valence electrons. The molecule has 0 fully saturated rings. The Morgan fingerprint density at radius 1 is 1.29 bits per heavy atom. The summed E-state index contributed by atoms with van der Waals surface area (Å²) in [7, 11) is 0. The molecule has 0 radical (unpaired) electrons. The minimum atomic E-state index is 0.160. The lowest BCUT2D eigenvalue weighted by Crippen LogP contribution is -2.02. The van der Waals surface area contributed by atoms with E-state index in [4.69, 9.17) is 10.5 Å². The van der Waals surface area contributed by atoms with E-state index in [-0.39, 0.29) is 11.4 Å². The van der Waals surface area contributed by atoms with E-state index < -0.39 is 0 Å². The Morgan fingerprint density at radius 3 is 2.76 bits per heavy atom. The van der Waals surface area contributed by atoms with Crippen LogP contribution in [0.2, 0.25) is 0 Å². The van der Waals surface area contributed by atoms with Crippen molar-refractivity contribution in [3.8, 4) is 12.1 Å². The van der Waals surface area contributed by atoms with Crippen molar-refractivity contribution < 1.29 is 0 Å². The summed E-state index contributed by atoms with van der Waals surface area (Å²) in [6.45, 7) is 2.45. The summed E-state index contributed by atoms with van der Waals surface area (Å²) < 4.78 is 1.65. The number of imidazole rings is 1. The Morgan fingerprint density at radius 2 is 2.12 bits per heavy atom. The van der Waals surface area contributed by atoms with Gasteiger partial charge in [-0.15, -0.1) is 0 Å². The Kier molecular flexibility index (Phi) is 2.85. The van der Waals surface area contributed by atoms with Crippen LogP contribution < -0.4 is 0 Å². The van der Waals surface area contributed by atoms with Crippen molar-refractivity contribution in [3.05, 3.63) is 47.3 Å². The number of pyridine rings is 1. The summed E-state index contributed by atoms with van der Waals surface area (Å²) in [5.41, 5.74) is 2.48. The lowest BCUT2D eigenvalue weighted by Gasteiger charge is -2.04. The average molecular weight is 223 g/mol. The third-order valence-corrected chi connectivity index (χ3v) is 2.33. The number of nitriles is 2. The molecule has 0 saturated carbocycles. The smallest absolute Gasteiger partial charge is 0.176 e. The van der Waals surface area contributed by atoms with Crippen LogP contribution in [0.5, 0.6) is 0 Å². The zero-order valence-corrected chi connectivity index (χ0v) is 9.25. The third kappa shape index (κ3) is 2.14. The van der Waals surface area contributed by atoms with Crippen LogP contribution in [0, 0.1) is 29.6 Å². The number of hydrogen-bond acceptors (Lipinski definition) is 4. The van der Waals surface area contributed by atoms with Gasteiger partial charge >= 0.3 is 0 Å². The van der Waals surface area contributed by atoms with Gasteiger partial charge in [0, 0.05) is 12.4 Å². The van der Waals surface area contributed by atoms with Crippen molar-refractivity contribution in [2.45, 2.75) is 13.5 Å². The molecule has 0 saturated heterocycles. The summed E-state index contributed by atoms with van der Waals surface area (Å²) in [6, 6.07) is 5.87. The highest BCUT2D eigenvalue weighted by Gasteiger charge is 2.10. The molecule has 0 unspecified atom stereocenters. The van der Waals surface area contributed by atoms with Crippen molar-refractivity contribution >= 4 is 0 Å². The van der Waals surface area contributed by atoms with Crippen LogP contribution in [-0.2, 0) is 6.54 Å². The van der Waals surface area contributed by atoms with Crippen molar-refractivity contribution in [2.75, 3.05) is 0 Å². The van der Waals surface area contributed by atoms with E-state index in [2.05, 4.69) is 9.97 Å².